The minimum Gasteiger partial charge on any atom is -0.497 e. The van der Waals surface area contributed by atoms with E-state index in [1.807, 2.05) is 36.4 Å². The molecule has 0 spiro atoms. The van der Waals surface area contributed by atoms with Gasteiger partial charge in [0.05, 0.1) is 13.7 Å². The zero-order chi connectivity index (χ0) is 20.2. The van der Waals surface area contributed by atoms with Crippen molar-refractivity contribution in [1.29, 1.82) is 0 Å². The molecule has 4 rings (SSSR count). The van der Waals surface area contributed by atoms with Gasteiger partial charge in [0.1, 0.15) is 23.4 Å². The van der Waals surface area contributed by atoms with Crippen molar-refractivity contribution in [3.8, 4) is 17.2 Å². The molecule has 1 atom stereocenters. The van der Waals surface area contributed by atoms with Crippen LogP contribution in [0.2, 0.25) is 0 Å². The van der Waals surface area contributed by atoms with Crippen LogP contribution in [0.5, 0.6) is 17.2 Å². The SMILES string of the molecule is CCCOc1ccc(C2Oc3ccc(OC)cc3C(C)=C2c2ccccc2)cc1. The number of methoxy groups -OCH3 is 1. The van der Waals surface area contributed by atoms with Gasteiger partial charge in [0, 0.05) is 11.1 Å². The van der Waals surface area contributed by atoms with Crippen LogP contribution < -0.4 is 14.2 Å². The molecule has 1 aliphatic rings. The molecule has 0 aliphatic carbocycles. The van der Waals surface area contributed by atoms with E-state index >= 15 is 0 Å². The van der Waals surface area contributed by atoms with Crippen LogP contribution in [-0.4, -0.2) is 13.7 Å². The Morgan fingerprint density at radius 2 is 1.62 bits per heavy atom. The van der Waals surface area contributed by atoms with Crippen molar-refractivity contribution in [3.05, 3.63) is 89.5 Å². The van der Waals surface area contributed by atoms with Crippen molar-refractivity contribution in [3.63, 3.8) is 0 Å². The number of benzene rings is 3. The van der Waals surface area contributed by atoms with Gasteiger partial charge in [-0.3, -0.25) is 0 Å². The van der Waals surface area contributed by atoms with Crippen LogP contribution in [-0.2, 0) is 0 Å². The Balaban J connectivity index is 1.80. The maximum Gasteiger partial charge on any atom is 0.150 e. The van der Waals surface area contributed by atoms with Crippen LogP contribution in [0.15, 0.2) is 72.8 Å². The highest BCUT2D eigenvalue weighted by atomic mass is 16.5. The standard InChI is InChI=1S/C26H26O3/c1-4-16-28-21-12-10-20(11-13-21)26-25(19-8-6-5-7-9-19)18(2)23-17-22(27-3)14-15-24(23)29-26/h5-15,17,26H,4,16H2,1-3H3. The first-order valence-electron chi connectivity index (χ1n) is 10.0. The number of fused-ring (bicyclic) bond motifs is 1. The van der Waals surface area contributed by atoms with Gasteiger partial charge in [-0.25, -0.2) is 0 Å². The minimum atomic E-state index is -0.182. The third-order valence-corrected chi connectivity index (χ3v) is 5.24. The summed E-state index contributed by atoms with van der Waals surface area (Å²) >= 11 is 0. The van der Waals surface area contributed by atoms with Gasteiger partial charge in [-0.05, 0) is 60.4 Å². The van der Waals surface area contributed by atoms with E-state index < -0.39 is 0 Å². The highest BCUT2D eigenvalue weighted by molar-refractivity contribution is 5.95. The summed E-state index contributed by atoms with van der Waals surface area (Å²) in [5, 5.41) is 0. The predicted molar refractivity (Wildman–Crippen MR) is 118 cm³/mol. The third-order valence-electron chi connectivity index (χ3n) is 5.24. The molecule has 0 radical (unpaired) electrons. The van der Waals surface area contributed by atoms with Crippen molar-refractivity contribution < 1.29 is 14.2 Å². The van der Waals surface area contributed by atoms with Gasteiger partial charge in [0.2, 0.25) is 0 Å². The van der Waals surface area contributed by atoms with E-state index in [2.05, 4.69) is 50.2 Å². The first kappa shape index (κ1) is 19.1. The van der Waals surface area contributed by atoms with Crippen molar-refractivity contribution in [2.24, 2.45) is 0 Å². The van der Waals surface area contributed by atoms with Crippen molar-refractivity contribution in [2.75, 3.05) is 13.7 Å². The monoisotopic (exact) mass is 386 g/mol. The Hall–Kier alpha value is -3.20. The molecule has 1 aliphatic heterocycles. The molecule has 1 unspecified atom stereocenters. The Labute approximate surface area is 172 Å². The highest BCUT2D eigenvalue weighted by Crippen LogP contribution is 2.47. The average Bonchev–Trinajstić information content (AvgIpc) is 2.78. The zero-order valence-corrected chi connectivity index (χ0v) is 17.1. The third kappa shape index (κ3) is 3.86. The van der Waals surface area contributed by atoms with Crippen molar-refractivity contribution in [1.82, 2.24) is 0 Å². The number of ether oxygens (including phenoxy) is 3. The van der Waals surface area contributed by atoms with Gasteiger partial charge >= 0.3 is 0 Å². The molecule has 0 aromatic heterocycles. The molecule has 3 aromatic rings. The zero-order valence-electron chi connectivity index (χ0n) is 17.1. The number of rotatable bonds is 6. The molecule has 0 bridgehead atoms. The molecule has 1 heterocycles. The van der Waals surface area contributed by atoms with E-state index in [4.69, 9.17) is 14.2 Å². The molecule has 0 N–H and O–H groups in total. The largest absolute Gasteiger partial charge is 0.497 e. The Bertz CT molecular complexity index is 1000. The Morgan fingerprint density at radius 1 is 0.897 bits per heavy atom. The lowest BCUT2D eigenvalue weighted by molar-refractivity contribution is 0.259. The molecule has 29 heavy (non-hydrogen) atoms. The van der Waals surface area contributed by atoms with Crippen molar-refractivity contribution in [2.45, 2.75) is 26.4 Å². The fraction of sp³-hybridized carbons (Fsp3) is 0.231. The van der Waals surface area contributed by atoms with Gasteiger partial charge < -0.3 is 14.2 Å². The lowest BCUT2D eigenvalue weighted by atomic mass is 9.86. The van der Waals surface area contributed by atoms with Gasteiger partial charge in [0.15, 0.2) is 0 Å². The number of hydrogen-bond acceptors (Lipinski definition) is 3. The van der Waals surface area contributed by atoms with Gasteiger partial charge in [-0.1, -0.05) is 49.4 Å². The van der Waals surface area contributed by atoms with Crippen molar-refractivity contribution >= 4 is 11.1 Å². The normalized spacial score (nSPS) is 15.5. The van der Waals surface area contributed by atoms with E-state index in [-0.39, 0.29) is 6.10 Å². The molecule has 0 fully saturated rings. The molecule has 3 aromatic carbocycles. The van der Waals surface area contributed by atoms with E-state index in [1.54, 1.807) is 7.11 Å². The summed E-state index contributed by atoms with van der Waals surface area (Å²) in [7, 11) is 1.69. The summed E-state index contributed by atoms with van der Waals surface area (Å²) < 4.78 is 17.7. The first-order valence-corrected chi connectivity index (χ1v) is 10.0. The summed E-state index contributed by atoms with van der Waals surface area (Å²) in [6.45, 7) is 4.99. The molecular weight excluding hydrogens is 360 g/mol. The lowest BCUT2D eigenvalue weighted by Gasteiger charge is -2.31. The van der Waals surface area contributed by atoms with Crippen LogP contribution in [0.1, 0.15) is 43.1 Å². The number of allylic oxidation sites excluding steroid dienone is 1. The summed E-state index contributed by atoms with van der Waals surface area (Å²) in [4.78, 5) is 0. The fourth-order valence-electron chi connectivity index (χ4n) is 3.74. The quantitative estimate of drug-likeness (QED) is 0.481. The van der Waals surface area contributed by atoms with Crippen LogP contribution in [0.4, 0.5) is 0 Å². The topological polar surface area (TPSA) is 27.7 Å². The van der Waals surface area contributed by atoms with Crippen LogP contribution in [0.25, 0.3) is 11.1 Å². The van der Waals surface area contributed by atoms with Crippen LogP contribution in [0.3, 0.4) is 0 Å². The Kier molecular flexibility index (Phi) is 5.57. The molecule has 0 amide bonds. The summed E-state index contributed by atoms with van der Waals surface area (Å²) in [6.07, 6.45) is 0.812. The van der Waals surface area contributed by atoms with E-state index in [1.165, 1.54) is 11.1 Å². The van der Waals surface area contributed by atoms with Crippen LogP contribution in [0, 0.1) is 0 Å². The summed E-state index contributed by atoms with van der Waals surface area (Å²) in [5.41, 5.74) is 5.71. The minimum absolute atomic E-state index is 0.182. The van der Waals surface area contributed by atoms with Crippen LogP contribution >= 0.6 is 0 Å². The lowest BCUT2D eigenvalue weighted by Crippen LogP contribution is -2.16. The molecular formula is C26H26O3. The molecule has 0 saturated heterocycles. The van der Waals surface area contributed by atoms with E-state index in [9.17, 15) is 0 Å². The second-order valence-electron chi connectivity index (χ2n) is 7.18. The summed E-state index contributed by atoms with van der Waals surface area (Å²) in [5.74, 6) is 2.59. The maximum absolute atomic E-state index is 6.52. The summed E-state index contributed by atoms with van der Waals surface area (Å²) in [6, 6.07) is 24.7. The predicted octanol–water partition coefficient (Wildman–Crippen LogP) is 6.55. The smallest absolute Gasteiger partial charge is 0.150 e. The van der Waals surface area contributed by atoms with Gasteiger partial charge in [-0.15, -0.1) is 0 Å². The molecule has 3 nitrogen and oxygen atoms in total. The molecule has 0 saturated carbocycles. The average molecular weight is 386 g/mol. The molecule has 148 valence electrons. The molecule has 3 heteroatoms. The first-order chi connectivity index (χ1) is 14.2. The second-order valence-corrected chi connectivity index (χ2v) is 7.18. The highest BCUT2D eigenvalue weighted by Gasteiger charge is 2.29. The number of hydrogen-bond donors (Lipinski definition) is 0. The Morgan fingerprint density at radius 3 is 2.31 bits per heavy atom. The van der Waals surface area contributed by atoms with E-state index in [0.717, 1.165) is 47.0 Å². The fourth-order valence-corrected chi connectivity index (χ4v) is 3.74. The maximum atomic E-state index is 6.52. The van der Waals surface area contributed by atoms with Gasteiger partial charge in [0.25, 0.3) is 0 Å². The van der Waals surface area contributed by atoms with Gasteiger partial charge in [-0.2, -0.15) is 0 Å². The second kappa shape index (κ2) is 8.44. The van der Waals surface area contributed by atoms with E-state index in [0.29, 0.717) is 0 Å².